The van der Waals surface area contributed by atoms with Crippen molar-refractivity contribution in [3.05, 3.63) is 64.9 Å². The minimum absolute atomic E-state index is 0.256. The topological polar surface area (TPSA) is 84.5 Å². The van der Waals surface area contributed by atoms with Crippen molar-refractivity contribution in [2.75, 3.05) is 18.5 Å². The molecule has 2 amide bonds. The first kappa shape index (κ1) is 18.4. The third-order valence-corrected chi connectivity index (χ3v) is 3.24. The van der Waals surface area contributed by atoms with Crippen molar-refractivity contribution in [3.8, 4) is 0 Å². The van der Waals surface area contributed by atoms with E-state index in [1.807, 2.05) is 0 Å². The van der Waals surface area contributed by atoms with Crippen molar-refractivity contribution in [1.29, 1.82) is 0 Å². The largest absolute Gasteiger partial charge is 0.452 e. The van der Waals surface area contributed by atoms with Gasteiger partial charge in [-0.15, -0.1) is 0 Å². The third kappa shape index (κ3) is 6.23. The minimum Gasteiger partial charge on any atom is -0.452 e. The molecule has 0 radical (unpaired) electrons. The Bertz CT molecular complexity index is 763. The fourth-order valence-corrected chi connectivity index (χ4v) is 1.89. The van der Waals surface area contributed by atoms with Crippen LogP contribution in [0.15, 0.2) is 48.5 Å². The highest BCUT2D eigenvalue weighted by Crippen LogP contribution is 2.10. The van der Waals surface area contributed by atoms with E-state index in [-0.39, 0.29) is 12.1 Å². The number of benzene rings is 2. The van der Waals surface area contributed by atoms with Gasteiger partial charge < -0.3 is 15.4 Å². The molecule has 0 aliphatic carbocycles. The monoisotopic (exact) mass is 364 g/mol. The van der Waals surface area contributed by atoms with Crippen molar-refractivity contribution in [2.45, 2.75) is 0 Å². The fourth-order valence-electron chi connectivity index (χ4n) is 1.77. The standard InChI is InChI=1S/C17H14ClFN2O4/c18-12-3-1-11(2-4-12)17(24)25-10-16(23)20-9-15(22)21-14-7-5-13(19)6-8-14/h1-8H,9-10H2,(H,20,23)(H,21,22). The highest BCUT2D eigenvalue weighted by molar-refractivity contribution is 6.30. The SMILES string of the molecule is O=C(COC(=O)c1ccc(Cl)cc1)NCC(=O)Nc1ccc(F)cc1. The maximum absolute atomic E-state index is 12.8. The zero-order valence-corrected chi connectivity index (χ0v) is 13.7. The van der Waals surface area contributed by atoms with E-state index < -0.39 is 30.2 Å². The molecule has 130 valence electrons. The predicted molar refractivity (Wildman–Crippen MR) is 89.8 cm³/mol. The summed E-state index contributed by atoms with van der Waals surface area (Å²) in [6.07, 6.45) is 0. The summed E-state index contributed by atoms with van der Waals surface area (Å²) >= 11 is 5.71. The van der Waals surface area contributed by atoms with Crippen LogP contribution in [0.25, 0.3) is 0 Å². The molecule has 0 spiro atoms. The second-order valence-corrected chi connectivity index (χ2v) is 5.35. The van der Waals surface area contributed by atoms with E-state index in [0.29, 0.717) is 10.7 Å². The number of halogens is 2. The first-order chi connectivity index (χ1) is 11.9. The molecule has 0 saturated carbocycles. The lowest BCUT2D eigenvalue weighted by Crippen LogP contribution is -2.35. The number of hydrogen-bond acceptors (Lipinski definition) is 4. The van der Waals surface area contributed by atoms with Crippen LogP contribution < -0.4 is 10.6 Å². The van der Waals surface area contributed by atoms with Crippen molar-refractivity contribution in [2.24, 2.45) is 0 Å². The normalized spacial score (nSPS) is 10.0. The molecule has 0 unspecified atom stereocenters. The second-order valence-electron chi connectivity index (χ2n) is 4.91. The van der Waals surface area contributed by atoms with Crippen molar-refractivity contribution in [1.82, 2.24) is 5.32 Å². The molecule has 6 nitrogen and oxygen atoms in total. The molecule has 2 aromatic rings. The molecule has 0 bridgehead atoms. The lowest BCUT2D eigenvalue weighted by atomic mass is 10.2. The van der Waals surface area contributed by atoms with E-state index in [9.17, 15) is 18.8 Å². The summed E-state index contributed by atoms with van der Waals surface area (Å²) < 4.78 is 17.6. The van der Waals surface area contributed by atoms with Crippen LogP contribution in [0.4, 0.5) is 10.1 Å². The Morgan fingerprint density at radius 1 is 0.960 bits per heavy atom. The average Bonchev–Trinajstić information content (AvgIpc) is 2.60. The minimum atomic E-state index is -0.678. The molecule has 2 rings (SSSR count). The summed E-state index contributed by atoms with van der Waals surface area (Å²) in [7, 11) is 0. The summed E-state index contributed by atoms with van der Waals surface area (Å²) in [5, 5.41) is 5.26. The number of nitrogens with one attached hydrogen (secondary N) is 2. The van der Waals surface area contributed by atoms with E-state index in [4.69, 9.17) is 16.3 Å². The Balaban J connectivity index is 1.71. The number of carbonyl (C=O) groups excluding carboxylic acids is 3. The molecule has 0 saturated heterocycles. The highest BCUT2D eigenvalue weighted by atomic mass is 35.5. The van der Waals surface area contributed by atoms with Gasteiger partial charge in [0.1, 0.15) is 5.82 Å². The maximum atomic E-state index is 12.8. The van der Waals surface area contributed by atoms with E-state index in [1.165, 1.54) is 48.5 Å². The molecule has 2 aromatic carbocycles. The molecule has 0 aliphatic rings. The van der Waals surface area contributed by atoms with Crippen LogP contribution in [-0.2, 0) is 14.3 Å². The number of amides is 2. The summed E-state index contributed by atoms with van der Waals surface area (Å²) in [5.41, 5.74) is 0.654. The smallest absolute Gasteiger partial charge is 0.338 e. The first-order valence-electron chi connectivity index (χ1n) is 7.19. The molecule has 0 atom stereocenters. The van der Waals surface area contributed by atoms with Crippen LogP contribution in [0, 0.1) is 5.82 Å². The van der Waals surface area contributed by atoms with Gasteiger partial charge in [0, 0.05) is 10.7 Å². The van der Waals surface area contributed by atoms with Gasteiger partial charge >= 0.3 is 5.97 Å². The van der Waals surface area contributed by atoms with Gasteiger partial charge in [0.25, 0.3) is 5.91 Å². The Morgan fingerprint density at radius 2 is 1.60 bits per heavy atom. The number of esters is 1. The Kier molecular flexibility index (Phi) is 6.47. The number of anilines is 1. The number of rotatable bonds is 6. The lowest BCUT2D eigenvalue weighted by Gasteiger charge is -2.08. The van der Waals surface area contributed by atoms with Crippen LogP contribution in [0.5, 0.6) is 0 Å². The number of carbonyl (C=O) groups is 3. The van der Waals surface area contributed by atoms with Crippen molar-refractivity contribution < 1.29 is 23.5 Å². The summed E-state index contributed by atoms with van der Waals surface area (Å²) in [6, 6.07) is 11.2. The molecule has 8 heteroatoms. The summed E-state index contributed by atoms with van der Waals surface area (Å²) in [4.78, 5) is 35.0. The number of hydrogen-bond donors (Lipinski definition) is 2. The third-order valence-electron chi connectivity index (χ3n) is 2.99. The fraction of sp³-hybridized carbons (Fsp3) is 0.118. The van der Waals surface area contributed by atoms with Gasteiger partial charge in [-0.05, 0) is 48.5 Å². The van der Waals surface area contributed by atoms with Crippen LogP contribution in [0.2, 0.25) is 5.02 Å². The van der Waals surface area contributed by atoms with Crippen LogP contribution in [-0.4, -0.2) is 30.9 Å². The van der Waals surface area contributed by atoms with Gasteiger partial charge in [0.05, 0.1) is 12.1 Å². The zero-order chi connectivity index (χ0) is 18.2. The first-order valence-corrected chi connectivity index (χ1v) is 7.56. The van der Waals surface area contributed by atoms with E-state index in [0.717, 1.165) is 0 Å². The summed E-state index contributed by atoms with van der Waals surface area (Å²) in [5.74, 6) is -2.23. The zero-order valence-electron chi connectivity index (χ0n) is 12.9. The summed E-state index contributed by atoms with van der Waals surface area (Å²) in [6.45, 7) is -0.833. The van der Waals surface area contributed by atoms with Crippen LogP contribution in [0.3, 0.4) is 0 Å². The van der Waals surface area contributed by atoms with Gasteiger partial charge in [0.2, 0.25) is 5.91 Å². The van der Waals surface area contributed by atoms with Crippen molar-refractivity contribution in [3.63, 3.8) is 0 Å². The van der Waals surface area contributed by atoms with Gasteiger partial charge in [0.15, 0.2) is 6.61 Å². The van der Waals surface area contributed by atoms with Crippen LogP contribution in [0.1, 0.15) is 10.4 Å². The molecular formula is C17H14ClFN2O4. The molecular weight excluding hydrogens is 351 g/mol. The molecule has 2 N–H and O–H groups in total. The highest BCUT2D eigenvalue weighted by Gasteiger charge is 2.11. The average molecular weight is 365 g/mol. The van der Waals surface area contributed by atoms with E-state index in [1.54, 1.807) is 0 Å². The van der Waals surface area contributed by atoms with Gasteiger partial charge in [-0.3, -0.25) is 9.59 Å². The maximum Gasteiger partial charge on any atom is 0.338 e. The van der Waals surface area contributed by atoms with Crippen molar-refractivity contribution >= 4 is 35.1 Å². The van der Waals surface area contributed by atoms with E-state index in [2.05, 4.69) is 10.6 Å². The van der Waals surface area contributed by atoms with Gasteiger partial charge in [-0.25, -0.2) is 9.18 Å². The van der Waals surface area contributed by atoms with Gasteiger partial charge in [-0.2, -0.15) is 0 Å². The molecule has 0 fully saturated rings. The van der Waals surface area contributed by atoms with Gasteiger partial charge in [-0.1, -0.05) is 11.6 Å². The predicted octanol–water partition coefficient (Wildman–Crippen LogP) is 2.39. The molecule has 25 heavy (non-hydrogen) atoms. The Morgan fingerprint density at radius 3 is 2.24 bits per heavy atom. The lowest BCUT2D eigenvalue weighted by molar-refractivity contribution is -0.126. The number of ether oxygens (including phenoxy) is 1. The quantitative estimate of drug-likeness (QED) is 0.771. The van der Waals surface area contributed by atoms with Crippen LogP contribution >= 0.6 is 11.6 Å². The Hall–Kier alpha value is -2.93. The molecule has 0 heterocycles. The Labute approximate surface area is 147 Å². The molecule has 0 aliphatic heterocycles. The molecule has 0 aromatic heterocycles. The second kappa shape index (κ2) is 8.79. The van der Waals surface area contributed by atoms with E-state index >= 15 is 0 Å².